The predicted octanol–water partition coefficient (Wildman–Crippen LogP) is 2.56. The van der Waals surface area contributed by atoms with Crippen molar-refractivity contribution in [1.82, 2.24) is 10.3 Å². The Bertz CT molecular complexity index is 392. The molecule has 4 heteroatoms. The van der Waals surface area contributed by atoms with Crippen molar-refractivity contribution in [3.63, 3.8) is 0 Å². The van der Waals surface area contributed by atoms with Gasteiger partial charge in [-0.25, -0.2) is 4.98 Å². The van der Waals surface area contributed by atoms with Crippen molar-refractivity contribution in [3.8, 4) is 0 Å². The lowest BCUT2D eigenvalue weighted by Crippen LogP contribution is -2.39. The Labute approximate surface area is 111 Å². The van der Waals surface area contributed by atoms with Crippen molar-refractivity contribution >= 4 is 21.7 Å². The number of nitrogens with one attached hydrogen (secondary N) is 1. The van der Waals surface area contributed by atoms with Gasteiger partial charge in [-0.05, 0) is 53.7 Å². The third kappa shape index (κ3) is 2.63. The van der Waals surface area contributed by atoms with Gasteiger partial charge in [-0.1, -0.05) is 0 Å². The zero-order chi connectivity index (χ0) is 11.7. The van der Waals surface area contributed by atoms with Gasteiger partial charge in [0, 0.05) is 31.4 Å². The van der Waals surface area contributed by atoms with Crippen LogP contribution in [0.1, 0.15) is 25.7 Å². The predicted molar refractivity (Wildman–Crippen MR) is 73.3 cm³/mol. The molecule has 1 aromatic heterocycles. The molecular weight excluding hydrogens is 278 g/mol. The molecule has 0 radical (unpaired) electrons. The number of hydrogen-bond acceptors (Lipinski definition) is 3. The first-order valence-electron chi connectivity index (χ1n) is 6.45. The van der Waals surface area contributed by atoms with Crippen LogP contribution in [-0.4, -0.2) is 30.2 Å². The lowest BCUT2D eigenvalue weighted by Gasteiger charge is -2.26. The van der Waals surface area contributed by atoms with E-state index in [1.165, 1.54) is 25.7 Å². The monoisotopic (exact) mass is 295 g/mol. The fourth-order valence-corrected chi connectivity index (χ4v) is 2.99. The number of rotatable bonds is 4. The third-order valence-electron chi connectivity index (χ3n) is 3.61. The first kappa shape index (κ1) is 11.5. The minimum atomic E-state index is 0.613. The molecule has 0 bridgehead atoms. The van der Waals surface area contributed by atoms with Gasteiger partial charge in [0.05, 0.1) is 4.47 Å². The summed E-state index contributed by atoms with van der Waals surface area (Å²) in [6, 6.07) is 5.46. The van der Waals surface area contributed by atoms with Crippen LogP contribution in [0.2, 0.25) is 0 Å². The van der Waals surface area contributed by atoms with E-state index >= 15 is 0 Å². The zero-order valence-electron chi connectivity index (χ0n) is 9.90. The summed E-state index contributed by atoms with van der Waals surface area (Å²) in [6.07, 6.45) is 7.16. The van der Waals surface area contributed by atoms with Crippen LogP contribution in [0.3, 0.4) is 0 Å². The Morgan fingerprint density at radius 1 is 1.41 bits per heavy atom. The number of anilines is 1. The Morgan fingerprint density at radius 2 is 2.29 bits per heavy atom. The summed E-state index contributed by atoms with van der Waals surface area (Å²) in [6.45, 7) is 2.24. The van der Waals surface area contributed by atoms with Crippen LogP contribution in [0.4, 0.5) is 5.82 Å². The maximum absolute atomic E-state index is 4.50. The van der Waals surface area contributed by atoms with Crippen molar-refractivity contribution in [2.45, 2.75) is 37.8 Å². The van der Waals surface area contributed by atoms with Crippen LogP contribution in [-0.2, 0) is 0 Å². The van der Waals surface area contributed by atoms with Crippen LogP contribution in [0, 0.1) is 0 Å². The largest absolute Gasteiger partial charge is 0.351 e. The van der Waals surface area contributed by atoms with E-state index < -0.39 is 0 Å². The molecule has 2 aliphatic rings. The van der Waals surface area contributed by atoms with Gasteiger partial charge < -0.3 is 10.2 Å². The van der Waals surface area contributed by atoms with Crippen molar-refractivity contribution < 1.29 is 0 Å². The highest BCUT2D eigenvalue weighted by molar-refractivity contribution is 9.10. The van der Waals surface area contributed by atoms with Crippen molar-refractivity contribution in [2.75, 3.05) is 18.0 Å². The van der Waals surface area contributed by atoms with Gasteiger partial charge in [-0.15, -0.1) is 0 Å². The normalized spacial score (nSPS) is 24.3. The molecule has 2 fully saturated rings. The lowest BCUT2D eigenvalue weighted by atomic mass is 10.2. The molecule has 17 heavy (non-hydrogen) atoms. The molecule has 1 aromatic rings. The van der Waals surface area contributed by atoms with Crippen molar-refractivity contribution in [1.29, 1.82) is 0 Å². The number of pyridine rings is 1. The Hall–Kier alpha value is -0.610. The molecule has 0 aromatic carbocycles. The van der Waals surface area contributed by atoms with Crippen molar-refractivity contribution in [3.05, 3.63) is 22.8 Å². The minimum absolute atomic E-state index is 0.613. The third-order valence-corrected chi connectivity index (χ3v) is 4.23. The van der Waals surface area contributed by atoms with Gasteiger partial charge in [0.1, 0.15) is 5.82 Å². The summed E-state index contributed by atoms with van der Waals surface area (Å²) in [5, 5.41) is 3.63. The van der Waals surface area contributed by atoms with E-state index in [1.54, 1.807) is 0 Å². The van der Waals surface area contributed by atoms with Crippen LogP contribution < -0.4 is 10.2 Å². The van der Waals surface area contributed by atoms with E-state index in [-0.39, 0.29) is 0 Å². The van der Waals surface area contributed by atoms with Crippen LogP contribution >= 0.6 is 15.9 Å². The molecule has 1 saturated carbocycles. The lowest BCUT2D eigenvalue weighted by molar-refractivity contribution is 0.568. The summed E-state index contributed by atoms with van der Waals surface area (Å²) in [5.74, 6) is 1.10. The number of aromatic nitrogens is 1. The maximum Gasteiger partial charge on any atom is 0.143 e. The molecule has 3 nitrogen and oxygen atoms in total. The standard InChI is InChI=1S/C13H18BrN3/c14-12-4-1-7-15-13(12)17-8-2-3-11(17)9-16-10-5-6-10/h1,4,7,10-11,16H,2-3,5-6,8-9H2. The smallest absolute Gasteiger partial charge is 0.143 e. The highest BCUT2D eigenvalue weighted by Crippen LogP contribution is 2.30. The van der Waals surface area contributed by atoms with Gasteiger partial charge in [-0.2, -0.15) is 0 Å². The van der Waals surface area contributed by atoms with E-state index in [0.717, 1.165) is 29.4 Å². The quantitative estimate of drug-likeness (QED) is 0.925. The second kappa shape index (κ2) is 4.94. The minimum Gasteiger partial charge on any atom is -0.351 e. The fourth-order valence-electron chi connectivity index (χ4n) is 2.51. The summed E-state index contributed by atoms with van der Waals surface area (Å²) in [4.78, 5) is 6.95. The molecule has 1 saturated heterocycles. The summed E-state index contributed by atoms with van der Waals surface area (Å²) in [5.41, 5.74) is 0. The molecule has 1 aliphatic heterocycles. The molecule has 1 atom stereocenters. The number of nitrogens with zero attached hydrogens (tertiary/aromatic N) is 2. The molecule has 0 amide bonds. The summed E-state index contributed by atoms with van der Waals surface area (Å²) < 4.78 is 1.11. The van der Waals surface area contributed by atoms with E-state index in [0.29, 0.717) is 6.04 Å². The molecular formula is C13H18BrN3. The Kier molecular flexibility index (Phi) is 3.34. The second-order valence-corrected chi connectivity index (χ2v) is 5.84. The first-order valence-corrected chi connectivity index (χ1v) is 7.24. The van der Waals surface area contributed by atoms with Crippen molar-refractivity contribution in [2.24, 2.45) is 0 Å². The molecule has 92 valence electrons. The van der Waals surface area contributed by atoms with E-state index in [1.807, 2.05) is 12.3 Å². The zero-order valence-corrected chi connectivity index (χ0v) is 11.5. The highest BCUT2D eigenvalue weighted by Gasteiger charge is 2.29. The van der Waals surface area contributed by atoms with E-state index in [9.17, 15) is 0 Å². The van der Waals surface area contributed by atoms with E-state index in [2.05, 4.69) is 37.2 Å². The Balaban J connectivity index is 1.69. The van der Waals surface area contributed by atoms with Crippen LogP contribution in [0.25, 0.3) is 0 Å². The summed E-state index contributed by atoms with van der Waals surface area (Å²) in [7, 11) is 0. The summed E-state index contributed by atoms with van der Waals surface area (Å²) >= 11 is 3.60. The van der Waals surface area contributed by atoms with Crippen LogP contribution in [0.15, 0.2) is 22.8 Å². The second-order valence-electron chi connectivity index (χ2n) is 4.98. The molecule has 1 aliphatic carbocycles. The number of halogens is 1. The van der Waals surface area contributed by atoms with Gasteiger partial charge in [0.25, 0.3) is 0 Å². The SMILES string of the molecule is Brc1cccnc1N1CCCC1CNC1CC1. The fraction of sp³-hybridized carbons (Fsp3) is 0.615. The molecule has 2 heterocycles. The number of hydrogen-bond donors (Lipinski definition) is 1. The molecule has 1 N–H and O–H groups in total. The topological polar surface area (TPSA) is 28.2 Å². The van der Waals surface area contributed by atoms with Gasteiger partial charge in [-0.3, -0.25) is 0 Å². The molecule has 3 rings (SSSR count). The van der Waals surface area contributed by atoms with Crippen LogP contribution in [0.5, 0.6) is 0 Å². The average molecular weight is 296 g/mol. The van der Waals surface area contributed by atoms with Gasteiger partial charge in [0.15, 0.2) is 0 Å². The average Bonchev–Trinajstić information content (AvgIpc) is 3.06. The maximum atomic E-state index is 4.50. The van der Waals surface area contributed by atoms with Gasteiger partial charge >= 0.3 is 0 Å². The molecule has 1 unspecified atom stereocenters. The molecule has 0 spiro atoms. The Morgan fingerprint density at radius 3 is 3.06 bits per heavy atom. The first-order chi connectivity index (χ1) is 8.34. The van der Waals surface area contributed by atoms with E-state index in [4.69, 9.17) is 0 Å². The van der Waals surface area contributed by atoms with Gasteiger partial charge in [0.2, 0.25) is 0 Å². The highest BCUT2D eigenvalue weighted by atomic mass is 79.9.